The number of unbranched alkanes of at least 4 members (excludes halogenated alkanes) is 29. The molecule has 0 fully saturated rings. The van der Waals surface area contributed by atoms with Gasteiger partial charge in [0.05, 0.1) is 66.1 Å². The van der Waals surface area contributed by atoms with E-state index in [1.165, 1.54) is 135 Å². The fourth-order valence-electron chi connectivity index (χ4n) is 7.39. The molecule has 89 heavy (non-hydrogen) atoms. The van der Waals surface area contributed by atoms with E-state index in [1.54, 1.807) is 0 Å². The van der Waals surface area contributed by atoms with Crippen molar-refractivity contribution >= 4 is 46.9 Å². The smallest absolute Gasteiger partial charge is 0.379 e. The first-order valence-corrected chi connectivity index (χ1v) is 41.8. The molecule has 0 unspecified atom stereocenters. The molecule has 546 valence electrons. The van der Waals surface area contributed by atoms with Gasteiger partial charge in [-0.3, -0.25) is 27.1 Å². The molecule has 0 aromatic carbocycles. The maximum atomic E-state index is 10.3. The Morgan fingerprint density at radius 3 is 0.573 bits per heavy atom. The van der Waals surface area contributed by atoms with E-state index in [0.717, 1.165) is 109 Å². The fraction of sp³-hybridized carbons (Fsp3) is 1.00. The fourth-order valence-corrected chi connectivity index (χ4v) is 9.48. The molecule has 0 heterocycles. The molecule has 0 aliphatic heterocycles. The van der Waals surface area contributed by atoms with Crippen LogP contribution in [-0.4, -0.2) is 138 Å². The van der Waals surface area contributed by atoms with Crippen LogP contribution >= 0.6 is 46.9 Å². The number of hydrogen-bond donors (Lipinski definition) is 12. The van der Waals surface area contributed by atoms with E-state index in [0.29, 0.717) is 19.8 Å². The van der Waals surface area contributed by atoms with Crippen molar-refractivity contribution in [3.05, 3.63) is 0 Å². The summed E-state index contributed by atoms with van der Waals surface area (Å²) in [6.45, 7) is 18.4. The van der Waals surface area contributed by atoms with Crippen molar-refractivity contribution in [2.75, 3.05) is 79.3 Å². The maximum Gasteiger partial charge on any atom is 0.469 e. The Balaban J connectivity index is -0.000000234. The predicted molar refractivity (Wildman–Crippen MR) is 350 cm³/mol. The first-order chi connectivity index (χ1) is 41.7. The van der Waals surface area contributed by atoms with E-state index < -0.39 is 46.9 Å². The summed E-state index contributed by atoms with van der Waals surface area (Å²) in [4.78, 5) is 100. The van der Waals surface area contributed by atoms with Gasteiger partial charge in [-0.05, 0) is 44.4 Å². The first kappa shape index (κ1) is 101. The van der Waals surface area contributed by atoms with Gasteiger partial charge in [0, 0.05) is 13.2 Å². The summed E-state index contributed by atoms with van der Waals surface area (Å²) < 4.78 is 103. The van der Waals surface area contributed by atoms with Crippen LogP contribution in [-0.2, 0) is 68.7 Å². The third-order valence-corrected chi connectivity index (χ3v) is 15.2. The molecular formula is C56H130O27P6. The number of phosphoric ester groups is 6. The molecular weight excluding hydrogens is 1290 g/mol. The summed E-state index contributed by atoms with van der Waals surface area (Å²) in [6.07, 6.45) is 40.7. The molecule has 0 amide bonds. The number of hydrogen-bond acceptors (Lipinski definition) is 15. The van der Waals surface area contributed by atoms with Crippen molar-refractivity contribution in [3.63, 3.8) is 0 Å². The van der Waals surface area contributed by atoms with Gasteiger partial charge in [-0.15, -0.1) is 0 Å². The Morgan fingerprint density at radius 2 is 0.371 bits per heavy atom. The van der Waals surface area contributed by atoms with Crippen molar-refractivity contribution in [2.45, 2.75) is 280 Å². The van der Waals surface area contributed by atoms with Crippen molar-refractivity contribution in [1.29, 1.82) is 0 Å². The van der Waals surface area contributed by atoms with Crippen molar-refractivity contribution in [1.82, 2.24) is 0 Å². The van der Waals surface area contributed by atoms with Crippen molar-refractivity contribution < 1.29 is 127 Å². The molecule has 12 N–H and O–H groups in total. The zero-order chi connectivity index (χ0) is 68.9. The van der Waals surface area contributed by atoms with E-state index in [4.69, 9.17) is 72.9 Å². The first-order valence-electron chi connectivity index (χ1n) is 32.7. The van der Waals surface area contributed by atoms with Crippen LogP contribution < -0.4 is 0 Å². The quantitative estimate of drug-likeness (QED) is 0.0199. The number of ether oxygens (including phenoxy) is 3. The monoisotopic (exact) mass is 1420 g/mol. The summed E-state index contributed by atoms with van der Waals surface area (Å²) >= 11 is 0. The van der Waals surface area contributed by atoms with Gasteiger partial charge >= 0.3 is 46.9 Å². The van der Waals surface area contributed by atoms with Gasteiger partial charge in [0.25, 0.3) is 0 Å². The Labute approximate surface area is 537 Å². The lowest BCUT2D eigenvalue weighted by Gasteiger charge is -2.07. The van der Waals surface area contributed by atoms with E-state index in [9.17, 15) is 27.4 Å². The second-order valence-electron chi connectivity index (χ2n) is 21.6. The summed E-state index contributed by atoms with van der Waals surface area (Å²) in [7, 11) is -25.6. The normalized spacial score (nSPS) is 12.0. The molecule has 33 heteroatoms. The summed E-state index contributed by atoms with van der Waals surface area (Å²) in [5, 5.41) is 0. The maximum absolute atomic E-state index is 10.3. The van der Waals surface area contributed by atoms with Gasteiger partial charge in [-0.1, -0.05) is 241 Å². The molecule has 0 radical (unpaired) electrons. The zero-order valence-corrected chi connectivity index (χ0v) is 61.1. The lowest BCUT2D eigenvalue weighted by atomic mass is 10.0. The third-order valence-electron chi connectivity index (χ3n) is 12.1. The Bertz CT molecular complexity index is 1690. The van der Waals surface area contributed by atoms with Crippen LogP contribution in [0.1, 0.15) is 280 Å². The second-order valence-corrected chi connectivity index (χ2v) is 29.0. The number of rotatable bonds is 58. The highest BCUT2D eigenvalue weighted by Gasteiger charge is 2.16. The largest absolute Gasteiger partial charge is 0.469 e. The highest BCUT2D eigenvalue weighted by molar-refractivity contribution is 7.47. The summed E-state index contributed by atoms with van der Waals surface area (Å²) in [5.41, 5.74) is 0. The van der Waals surface area contributed by atoms with Crippen LogP contribution in [0.15, 0.2) is 0 Å². The van der Waals surface area contributed by atoms with Crippen molar-refractivity contribution in [3.8, 4) is 0 Å². The van der Waals surface area contributed by atoms with Crippen LogP contribution in [0.3, 0.4) is 0 Å². The van der Waals surface area contributed by atoms with Gasteiger partial charge in [0.2, 0.25) is 0 Å². The van der Waals surface area contributed by atoms with Gasteiger partial charge < -0.3 is 72.9 Å². The third kappa shape index (κ3) is 130. The van der Waals surface area contributed by atoms with E-state index in [1.807, 2.05) is 0 Å². The highest BCUT2D eigenvalue weighted by atomic mass is 31.2. The van der Waals surface area contributed by atoms with Crippen LogP contribution in [0.25, 0.3) is 0 Å². The minimum Gasteiger partial charge on any atom is -0.379 e. The molecule has 0 saturated heterocycles. The molecule has 0 saturated carbocycles. The van der Waals surface area contributed by atoms with Gasteiger partial charge in [-0.2, -0.15) is 0 Å². The molecule has 0 rings (SSSR count). The molecule has 0 aliphatic carbocycles. The van der Waals surface area contributed by atoms with E-state index in [-0.39, 0.29) is 52.9 Å². The van der Waals surface area contributed by atoms with Crippen LogP contribution in [0.4, 0.5) is 0 Å². The minimum absolute atomic E-state index is 0.0554. The SMILES string of the molecule is CC(C)CCCCCCOP(=O)(O)O.CCCCCCCCCOCCOCCOP(=O)(O)O.CCCCCCCCCOP(=O)(O)O.CCCCCCCCOCCOP(=O)(O)O.CCCCCCCCOP(=O)(O)O.CCCCCCCOP(=O)(O)O. The summed E-state index contributed by atoms with van der Waals surface area (Å²) in [5.74, 6) is 0.737. The van der Waals surface area contributed by atoms with Gasteiger partial charge in [-0.25, -0.2) is 27.4 Å². The van der Waals surface area contributed by atoms with E-state index >= 15 is 0 Å². The highest BCUT2D eigenvalue weighted by Crippen LogP contribution is 2.39. The Kier molecular flexibility index (Phi) is 82.3. The second kappa shape index (κ2) is 72.8. The zero-order valence-electron chi connectivity index (χ0n) is 55.7. The van der Waals surface area contributed by atoms with E-state index in [2.05, 4.69) is 75.6 Å². The number of phosphoric acid groups is 6. The molecule has 27 nitrogen and oxygen atoms in total. The average molecular weight is 1420 g/mol. The van der Waals surface area contributed by atoms with Gasteiger partial charge in [0.1, 0.15) is 0 Å². The lowest BCUT2D eigenvalue weighted by molar-refractivity contribution is 0.0312. The lowest BCUT2D eigenvalue weighted by Crippen LogP contribution is -2.09. The average Bonchev–Trinajstić information content (AvgIpc) is 3.44. The molecule has 0 aromatic heterocycles. The van der Waals surface area contributed by atoms with Crippen LogP contribution in [0.2, 0.25) is 0 Å². The summed E-state index contributed by atoms with van der Waals surface area (Å²) in [6, 6.07) is 0. The Hall–Kier alpha value is 0.540. The van der Waals surface area contributed by atoms with Gasteiger partial charge in [0.15, 0.2) is 0 Å². The molecule has 0 aliphatic rings. The molecule has 0 atom stereocenters. The molecule has 0 spiro atoms. The standard InChI is InChI=1S/C13H29O6P.C10H23O5P.2C9H21O4P.C8H19O4P.C7H17O4P/c1-2-3-4-5-6-7-8-9-17-10-11-18-12-13-19-20(14,15)16;1-2-3-4-5-6-7-8-14-9-10-15-16(11,12)13;1-9(2)7-5-3-4-6-8-13-14(10,11)12;1-2-3-4-5-6-7-8-9-13-14(10,11)12;1-2-3-4-5-6-7-8-12-13(9,10)11;1-2-3-4-5-6-7-11-12(8,9)10/h2-13H2,1H3,(H2,14,15,16);2-10H2,1H3,(H2,11,12,13);9H,3-8H2,1-2H3,(H2,10,11,12);2-9H2,1H3,(H2,10,11,12);2-8H2,1H3,(H2,9,10,11);2-7H2,1H3,(H2,8,9,10). The Morgan fingerprint density at radius 1 is 0.213 bits per heavy atom. The molecule has 0 bridgehead atoms. The minimum atomic E-state index is -4.36. The van der Waals surface area contributed by atoms with Crippen LogP contribution in [0, 0.1) is 5.92 Å². The topological polar surface area (TPSA) is 428 Å². The molecule has 0 aromatic rings. The predicted octanol–water partition coefficient (Wildman–Crippen LogP) is 15.4. The van der Waals surface area contributed by atoms with Crippen molar-refractivity contribution in [2.24, 2.45) is 5.92 Å². The van der Waals surface area contributed by atoms with Crippen LogP contribution in [0.5, 0.6) is 0 Å².